The van der Waals surface area contributed by atoms with Crippen LogP contribution >= 0.6 is 0 Å². The molecule has 0 bridgehead atoms. The standard InChI is InChI=1S/C12H22N4O2/c1-4-9(5-2)8-16-10(6-7-13)11(14-15-16)12(17)18-3/h9H,4-8,13H2,1-3H3. The third-order valence-electron chi connectivity index (χ3n) is 3.18. The first-order valence-corrected chi connectivity index (χ1v) is 6.38. The van der Waals surface area contributed by atoms with E-state index < -0.39 is 5.97 Å². The number of esters is 1. The van der Waals surface area contributed by atoms with E-state index in [0.717, 1.165) is 25.1 Å². The van der Waals surface area contributed by atoms with Crippen LogP contribution in [0.4, 0.5) is 0 Å². The molecule has 1 aromatic heterocycles. The molecule has 1 heterocycles. The highest BCUT2D eigenvalue weighted by Gasteiger charge is 2.20. The number of carbonyl (C=O) groups is 1. The van der Waals surface area contributed by atoms with Gasteiger partial charge in [-0.05, 0) is 12.5 Å². The van der Waals surface area contributed by atoms with Crippen LogP contribution in [-0.2, 0) is 17.7 Å². The lowest BCUT2D eigenvalue weighted by Gasteiger charge is -2.13. The van der Waals surface area contributed by atoms with E-state index in [1.54, 1.807) is 4.68 Å². The number of aromatic nitrogens is 3. The van der Waals surface area contributed by atoms with Crippen molar-refractivity contribution in [1.29, 1.82) is 0 Å². The lowest BCUT2D eigenvalue weighted by atomic mass is 10.0. The van der Waals surface area contributed by atoms with Crippen LogP contribution < -0.4 is 5.73 Å². The van der Waals surface area contributed by atoms with Gasteiger partial charge in [0.2, 0.25) is 0 Å². The van der Waals surface area contributed by atoms with E-state index in [9.17, 15) is 4.79 Å². The summed E-state index contributed by atoms with van der Waals surface area (Å²) in [6.07, 6.45) is 2.73. The summed E-state index contributed by atoms with van der Waals surface area (Å²) in [5, 5.41) is 7.96. The number of hydrogen-bond acceptors (Lipinski definition) is 5. The van der Waals surface area contributed by atoms with Gasteiger partial charge in [0, 0.05) is 13.0 Å². The van der Waals surface area contributed by atoms with Crippen molar-refractivity contribution in [3.63, 3.8) is 0 Å². The van der Waals surface area contributed by atoms with E-state index in [1.807, 2.05) is 0 Å². The molecule has 0 spiro atoms. The zero-order valence-corrected chi connectivity index (χ0v) is 11.3. The number of nitrogens with two attached hydrogens (primary N) is 1. The van der Waals surface area contributed by atoms with Crippen LogP contribution in [0.2, 0.25) is 0 Å². The summed E-state index contributed by atoms with van der Waals surface area (Å²) in [7, 11) is 1.34. The van der Waals surface area contributed by atoms with Crippen LogP contribution in [0.1, 0.15) is 42.9 Å². The molecule has 6 nitrogen and oxygen atoms in total. The minimum Gasteiger partial charge on any atom is -0.464 e. The second-order valence-electron chi connectivity index (χ2n) is 4.28. The van der Waals surface area contributed by atoms with Crippen molar-refractivity contribution in [2.24, 2.45) is 11.7 Å². The molecule has 1 rings (SSSR count). The molecule has 0 radical (unpaired) electrons. The molecule has 6 heteroatoms. The Labute approximate surface area is 107 Å². The molecule has 0 atom stereocenters. The van der Waals surface area contributed by atoms with Gasteiger partial charge < -0.3 is 10.5 Å². The van der Waals surface area contributed by atoms with Gasteiger partial charge >= 0.3 is 5.97 Å². The second-order valence-corrected chi connectivity index (χ2v) is 4.28. The average Bonchev–Trinajstić information content (AvgIpc) is 2.78. The highest BCUT2D eigenvalue weighted by atomic mass is 16.5. The summed E-state index contributed by atoms with van der Waals surface area (Å²) in [5.41, 5.74) is 6.63. The number of rotatable bonds is 7. The Morgan fingerprint density at radius 2 is 2.11 bits per heavy atom. The molecule has 2 N–H and O–H groups in total. The average molecular weight is 254 g/mol. The van der Waals surface area contributed by atoms with Crippen LogP contribution in [0.5, 0.6) is 0 Å². The molecule has 0 saturated carbocycles. The second kappa shape index (κ2) is 7.10. The molecule has 0 aromatic carbocycles. The summed E-state index contributed by atoms with van der Waals surface area (Å²) in [6.45, 7) is 5.52. The molecule has 18 heavy (non-hydrogen) atoms. The third-order valence-corrected chi connectivity index (χ3v) is 3.18. The van der Waals surface area contributed by atoms with E-state index in [0.29, 0.717) is 18.9 Å². The van der Waals surface area contributed by atoms with Gasteiger partial charge in [0.15, 0.2) is 5.69 Å². The number of methoxy groups -OCH3 is 1. The molecule has 102 valence electrons. The quantitative estimate of drug-likeness (QED) is 0.734. The zero-order valence-electron chi connectivity index (χ0n) is 11.3. The highest BCUT2D eigenvalue weighted by molar-refractivity contribution is 5.88. The predicted molar refractivity (Wildman–Crippen MR) is 68.2 cm³/mol. The van der Waals surface area contributed by atoms with Crippen LogP contribution in [0, 0.1) is 5.92 Å². The van der Waals surface area contributed by atoms with Gasteiger partial charge in [-0.15, -0.1) is 5.10 Å². The van der Waals surface area contributed by atoms with Crippen LogP contribution in [0.15, 0.2) is 0 Å². The fourth-order valence-electron chi connectivity index (χ4n) is 1.91. The maximum Gasteiger partial charge on any atom is 0.360 e. The van der Waals surface area contributed by atoms with Crippen LogP contribution in [0.3, 0.4) is 0 Å². The maximum absolute atomic E-state index is 11.6. The van der Waals surface area contributed by atoms with Gasteiger partial charge in [0.1, 0.15) is 0 Å². The van der Waals surface area contributed by atoms with E-state index in [4.69, 9.17) is 10.5 Å². The monoisotopic (exact) mass is 254 g/mol. The van der Waals surface area contributed by atoms with E-state index in [2.05, 4.69) is 24.2 Å². The lowest BCUT2D eigenvalue weighted by molar-refractivity contribution is 0.0592. The van der Waals surface area contributed by atoms with E-state index in [-0.39, 0.29) is 5.69 Å². The fourth-order valence-corrected chi connectivity index (χ4v) is 1.91. The van der Waals surface area contributed by atoms with Gasteiger partial charge in [-0.1, -0.05) is 31.9 Å². The van der Waals surface area contributed by atoms with Crippen molar-refractivity contribution in [1.82, 2.24) is 15.0 Å². The summed E-state index contributed by atoms with van der Waals surface area (Å²) in [4.78, 5) is 11.6. The van der Waals surface area contributed by atoms with Gasteiger partial charge in [0.05, 0.1) is 12.8 Å². The largest absolute Gasteiger partial charge is 0.464 e. The Kier molecular flexibility index (Phi) is 5.77. The van der Waals surface area contributed by atoms with Gasteiger partial charge in [-0.2, -0.15) is 0 Å². The number of carbonyl (C=O) groups excluding carboxylic acids is 1. The molecule has 0 aliphatic rings. The minimum absolute atomic E-state index is 0.286. The number of ether oxygens (including phenoxy) is 1. The molecule has 0 amide bonds. The first kappa shape index (κ1) is 14.6. The summed E-state index contributed by atoms with van der Waals surface area (Å²) >= 11 is 0. The first-order chi connectivity index (χ1) is 8.67. The molecule has 1 aromatic rings. The Morgan fingerprint density at radius 1 is 1.44 bits per heavy atom. The highest BCUT2D eigenvalue weighted by Crippen LogP contribution is 2.14. The Bertz CT molecular complexity index is 385. The molecular formula is C12H22N4O2. The molecular weight excluding hydrogens is 232 g/mol. The number of nitrogens with zero attached hydrogens (tertiary/aromatic N) is 3. The van der Waals surface area contributed by atoms with Crippen molar-refractivity contribution in [3.8, 4) is 0 Å². The maximum atomic E-state index is 11.6. The smallest absolute Gasteiger partial charge is 0.360 e. The molecule has 0 aliphatic heterocycles. The van der Waals surface area contributed by atoms with Crippen molar-refractivity contribution in [2.45, 2.75) is 39.7 Å². The Hall–Kier alpha value is -1.43. The fraction of sp³-hybridized carbons (Fsp3) is 0.750. The Morgan fingerprint density at radius 3 is 2.61 bits per heavy atom. The normalized spacial score (nSPS) is 10.9. The van der Waals surface area contributed by atoms with E-state index in [1.165, 1.54) is 7.11 Å². The SMILES string of the molecule is CCC(CC)Cn1nnc(C(=O)OC)c1CCN. The third kappa shape index (κ3) is 3.29. The summed E-state index contributed by atoms with van der Waals surface area (Å²) in [5.74, 6) is 0.0861. The van der Waals surface area contributed by atoms with Crippen molar-refractivity contribution < 1.29 is 9.53 Å². The van der Waals surface area contributed by atoms with Gasteiger partial charge in [-0.25, -0.2) is 9.48 Å². The van der Waals surface area contributed by atoms with Crippen LogP contribution in [0.25, 0.3) is 0 Å². The van der Waals surface area contributed by atoms with E-state index >= 15 is 0 Å². The molecule has 0 aliphatic carbocycles. The van der Waals surface area contributed by atoms with Crippen LogP contribution in [-0.4, -0.2) is 34.6 Å². The summed E-state index contributed by atoms with van der Waals surface area (Å²) in [6, 6.07) is 0. The van der Waals surface area contributed by atoms with Crippen molar-refractivity contribution >= 4 is 5.97 Å². The van der Waals surface area contributed by atoms with Crippen molar-refractivity contribution in [2.75, 3.05) is 13.7 Å². The minimum atomic E-state index is -0.450. The molecule has 0 unspecified atom stereocenters. The Balaban J connectivity index is 2.97. The predicted octanol–water partition coefficient (Wildman–Crippen LogP) is 1.00. The summed E-state index contributed by atoms with van der Waals surface area (Å²) < 4.78 is 6.49. The van der Waals surface area contributed by atoms with Gasteiger partial charge in [0.25, 0.3) is 0 Å². The topological polar surface area (TPSA) is 83.0 Å². The first-order valence-electron chi connectivity index (χ1n) is 6.38. The van der Waals surface area contributed by atoms with Gasteiger partial charge in [-0.3, -0.25) is 0 Å². The van der Waals surface area contributed by atoms with Crippen molar-refractivity contribution in [3.05, 3.63) is 11.4 Å². The lowest BCUT2D eigenvalue weighted by Crippen LogP contribution is -2.17. The molecule has 0 saturated heterocycles. The number of hydrogen-bond donors (Lipinski definition) is 1. The zero-order chi connectivity index (χ0) is 13.5. The molecule has 0 fully saturated rings.